The van der Waals surface area contributed by atoms with Crippen molar-refractivity contribution in [3.05, 3.63) is 0 Å². The number of hydrogen-bond donors (Lipinski definition) is 2. The highest BCUT2D eigenvalue weighted by atomic mass is 35.5. The Morgan fingerprint density at radius 2 is 2.20 bits per heavy atom. The third kappa shape index (κ3) is 2.45. The van der Waals surface area contributed by atoms with Crippen LogP contribution in [-0.4, -0.2) is 23.8 Å². The summed E-state index contributed by atoms with van der Waals surface area (Å²) in [5, 5.41) is 12.1. The first-order valence-electron chi connectivity index (χ1n) is 3.50. The molecule has 3 heteroatoms. The van der Waals surface area contributed by atoms with Gasteiger partial charge in [0.2, 0.25) is 0 Å². The van der Waals surface area contributed by atoms with E-state index in [0.29, 0.717) is 12.5 Å². The van der Waals surface area contributed by atoms with Gasteiger partial charge in [0.05, 0.1) is 0 Å². The van der Waals surface area contributed by atoms with Gasteiger partial charge in [0, 0.05) is 18.7 Å². The zero-order chi connectivity index (χ0) is 6.91. The molecular formula is C7H16ClNO. The highest BCUT2D eigenvalue weighted by Crippen LogP contribution is 2.21. The molecule has 1 heterocycles. The largest absolute Gasteiger partial charge is 0.396 e. The molecule has 10 heavy (non-hydrogen) atoms. The summed E-state index contributed by atoms with van der Waals surface area (Å²) < 4.78 is 0. The lowest BCUT2D eigenvalue weighted by molar-refractivity contribution is 0.232. The second-order valence-corrected chi connectivity index (χ2v) is 3.52. The maximum atomic E-state index is 8.76. The van der Waals surface area contributed by atoms with Gasteiger partial charge in [-0.2, -0.15) is 0 Å². The molecule has 62 valence electrons. The van der Waals surface area contributed by atoms with Crippen molar-refractivity contribution < 1.29 is 5.11 Å². The standard InChI is InChI=1S/C7H15NO.ClH/c1-7(2)3-6(5-9)4-8-7;/h6,8-9H,3-5H2,1-2H3;1H/t6-;/m0./s1. The lowest BCUT2D eigenvalue weighted by Gasteiger charge is -2.16. The molecule has 0 aromatic carbocycles. The number of hydrogen-bond acceptors (Lipinski definition) is 2. The van der Waals surface area contributed by atoms with Crippen molar-refractivity contribution in [2.45, 2.75) is 25.8 Å². The summed E-state index contributed by atoms with van der Waals surface area (Å²) in [4.78, 5) is 0. The average molecular weight is 166 g/mol. The van der Waals surface area contributed by atoms with Crippen molar-refractivity contribution in [3.63, 3.8) is 0 Å². The Labute approximate surface area is 68.4 Å². The molecule has 0 saturated carbocycles. The monoisotopic (exact) mass is 165 g/mol. The third-order valence-electron chi connectivity index (χ3n) is 1.93. The molecule has 0 aromatic heterocycles. The second-order valence-electron chi connectivity index (χ2n) is 3.52. The molecule has 0 unspecified atom stereocenters. The van der Waals surface area contributed by atoms with Crippen LogP contribution in [0.5, 0.6) is 0 Å². The molecule has 1 saturated heterocycles. The Hall–Kier alpha value is 0.210. The number of aliphatic hydroxyl groups excluding tert-OH is 1. The van der Waals surface area contributed by atoms with Gasteiger partial charge in [-0.3, -0.25) is 0 Å². The maximum Gasteiger partial charge on any atom is 0.0472 e. The van der Waals surface area contributed by atoms with Gasteiger partial charge >= 0.3 is 0 Å². The first-order chi connectivity index (χ1) is 4.14. The molecule has 1 aliphatic heterocycles. The van der Waals surface area contributed by atoms with E-state index < -0.39 is 0 Å². The second kappa shape index (κ2) is 3.56. The van der Waals surface area contributed by atoms with E-state index in [9.17, 15) is 0 Å². The topological polar surface area (TPSA) is 32.3 Å². The molecular weight excluding hydrogens is 150 g/mol. The van der Waals surface area contributed by atoms with Crippen LogP contribution in [0.15, 0.2) is 0 Å². The Bertz CT molecular complexity index is 106. The first kappa shape index (κ1) is 10.2. The molecule has 0 aromatic rings. The number of nitrogens with one attached hydrogen (secondary N) is 1. The van der Waals surface area contributed by atoms with E-state index >= 15 is 0 Å². The summed E-state index contributed by atoms with van der Waals surface area (Å²) in [6, 6.07) is 0. The fourth-order valence-corrected chi connectivity index (χ4v) is 1.42. The lowest BCUT2D eigenvalue weighted by atomic mass is 9.98. The highest BCUT2D eigenvalue weighted by Gasteiger charge is 2.29. The minimum absolute atomic E-state index is 0. The first-order valence-corrected chi connectivity index (χ1v) is 3.50. The third-order valence-corrected chi connectivity index (χ3v) is 1.93. The van der Waals surface area contributed by atoms with Crippen LogP contribution in [0.2, 0.25) is 0 Å². The van der Waals surface area contributed by atoms with Crippen LogP contribution in [0.1, 0.15) is 20.3 Å². The maximum absolute atomic E-state index is 8.76. The van der Waals surface area contributed by atoms with Crippen molar-refractivity contribution in [2.75, 3.05) is 13.2 Å². The quantitative estimate of drug-likeness (QED) is 0.602. The predicted octanol–water partition coefficient (Wildman–Crippen LogP) is 0.789. The van der Waals surface area contributed by atoms with Crippen LogP contribution in [0.3, 0.4) is 0 Å². The number of aliphatic hydroxyl groups is 1. The van der Waals surface area contributed by atoms with E-state index in [0.717, 1.165) is 13.0 Å². The molecule has 0 amide bonds. The lowest BCUT2D eigenvalue weighted by Crippen LogP contribution is -2.31. The van der Waals surface area contributed by atoms with Crippen LogP contribution in [0, 0.1) is 5.92 Å². The van der Waals surface area contributed by atoms with E-state index in [4.69, 9.17) is 5.11 Å². The molecule has 0 spiro atoms. The van der Waals surface area contributed by atoms with Gasteiger partial charge in [-0.1, -0.05) is 0 Å². The van der Waals surface area contributed by atoms with Crippen molar-refractivity contribution in [1.29, 1.82) is 0 Å². The Kier molecular flexibility index (Phi) is 3.63. The fraction of sp³-hybridized carbons (Fsp3) is 1.00. The summed E-state index contributed by atoms with van der Waals surface area (Å²) in [6.07, 6.45) is 1.10. The van der Waals surface area contributed by atoms with Gasteiger partial charge in [-0.15, -0.1) is 12.4 Å². The number of rotatable bonds is 1. The Morgan fingerprint density at radius 3 is 2.40 bits per heavy atom. The van der Waals surface area contributed by atoms with Gasteiger partial charge in [-0.25, -0.2) is 0 Å². The van der Waals surface area contributed by atoms with Crippen molar-refractivity contribution in [1.82, 2.24) is 5.32 Å². The van der Waals surface area contributed by atoms with E-state index in [1.807, 2.05) is 0 Å². The van der Waals surface area contributed by atoms with Crippen LogP contribution in [0.4, 0.5) is 0 Å². The van der Waals surface area contributed by atoms with E-state index in [-0.39, 0.29) is 17.9 Å². The van der Waals surface area contributed by atoms with E-state index in [1.54, 1.807) is 0 Å². The minimum atomic E-state index is 0. The molecule has 1 rings (SSSR count). The molecule has 0 radical (unpaired) electrons. The van der Waals surface area contributed by atoms with Crippen molar-refractivity contribution in [2.24, 2.45) is 5.92 Å². The van der Waals surface area contributed by atoms with Gasteiger partial charge in [0.15, 0.2) is 0 Å². The zero-order valence-corrected chi connectivity index (χ0v) is 7.37. The molecule has 1 fully saturated rings. The van der Waals surface area contributed by atoms with E-state index in [2.05, 4.69) is 19.2 Å². The Morgan fingerprint density at radius 1 is 1.60 bits per heavy atom. The molecule has 2 N–H and O–H groups in total. The summed E-state index contributed by atoms with van der Waals surface area (Å²) in [5.41, 5.74) is 0.257. The molecule has 1 aliphatic rings. The van der Waals surface area contributed by atoms with Gasteiger partial charge in [0.1, 0.15) is 0 Å². The van der Waals surface area contributed by atoms with Gasteiger partial charge in [-0.05, 0) is 26.2 Å². The SMILES string of the molecule is CC1(C)C[C@H](CO)CN1.Cl. The van der Waals surface area contributed by atoms with Crippen molar-refractivity contribution >= 4 is 12.4 Å². The molecule has 0 aliphatic carbocycles. The number of halogens is 1. The summed E-state index contributed by atoms with van der Waals surface area (Å²) in [7, 11) is 0. The highest BCUT2D eigenvalue weighted by molar-refractivity contribution is 5.85. The van der Waals surface area contributed by atoms with Crippen molar-refractivity contribution in [3.8, 4) is 0 Å². The fourth-order valence-electron chi connectivity index (χ4n) is 1.42. The smallest absolute Gasteiger partial charge is 0.0472 e. The summed E-state index contributed by atoms with van der Waals surface area (Å²) >= 11 is 0. The Balaban J connectivity index is 0.000000810. The minimum Gasteiger partial charge on any atom is -0.396 e. The zero-order valence-electron chi connectivity index (χ0n) is 6.55. The van der Waals surface area contributed by atoms with Crippen LogP contribution < -0.4 is 5.32 Å². The van der Waals surface area contributed by atoms with Crippen LogP contribution in [0.25, 0.3) is 0 Å². The summed E-state index contributed by atoms with van der Waals surface area (Å²) in [5.74, 6) is 0.486. The summed E-state index contributed by atoms with van der Waals surface area (Å²) in [6.45, 7) is 5.64. The molecule has 0 bridgehead atoms. The van der Waals surface area contributed by atoms with Gasteiger partial charge < -0.3 is 10.4 Å². The van der Waals surface area contributed by atoms with Gasteiger partial charge in [0.25, 0.3) is 0 Å². The average Bonchev–Trinajstić information content (AvgIpc) is 2.10. The molecule has 1 atom stereocenters. The predicted molar refractivity (Wildman–Crippen MR) is 44.5 cm³/mol. The normalized spacial score (nSPS) is 29.7. The van der Waals surface area contributed by atoms with Crippen LogP contribution in [-0.2, 0) is 0 Å². The van der Waals surface area contributed by atoms with Crippen LogP contribution >= 0.6 is 12.4 Å². The van der Waals surface area contributed by atoms with E-state index in [1.165, 1.54) is 0 Å². The molecule has 2 nitrogen and oxygen atoms in total.